The fourth-order valence-corrected chi connectivity index (χ4v) is 2.82. The van der Waals surface area contributed by atoms with Crippen LogP contribution < -0.4 is 0 Å². The van der Waals surface area contributed by atoms with Crippen molar-refractivity contribution in [3.05, 3.63) is 0 Å². The van der Waals surface area contributed by atoms with Gasteiger partial charge in [0, 0.05) is 11.8 Å². The number of rotatable bonds is 6. The van der Waals surface area contributed by atoms with Crippen molar-refractivity contribution in [2.75, 3.05) is 0 Å². The third-order valence-electron chi connectivity index (χ3n) is 4.01. The van der Waals surface area contributed by atoms with Crippen LogP contribution in [0.25, 0.3) is 0 Å². The van der Waals surface area contributed by atoms with E-state index in [1.165, 1.54) is 19.3 Å². The summed E-state index contributed by atoms with van der Waals surface area (Å²) in [6.45, 7) is 6.65. The molecule has 1 nitrogen and oxygen atoms in total. The van der Waals surface area contributed by atoms with E-state index >= 15 is 0 Å². The fourth-order valence-electron chi connectivity index (χ4n) is 2.82. The topological polar surface area (TPSA) is 17.1 Å². The van der Waals surface area contributed by atoms with E-state index in [4.69, 9.17) is 0 Å². The summed E-state index contributed by atoms with van der Waals surface area (Å²) in [4.78, 5) is 12.2. The van der Waals surface area contributed by atoms with E-state index in [0.29, 0.717) is 5.78 Å². The molecule has 0 bridgehead atoms. The van der Waals surface area contributed by atoms with Gasteiger partial charge in [0.25, 0.3) is 0 Å². The second kappa shape index (κ2) is 5.67. The van der Waals surface area contributed by atoms with Crippen LogP contribution in [0.1, 0.15) is 72.1 Å². The highest BCUT2D eigenvalue weighted by molar-refractivity contribution is 5.85. The van der Waals surface area contributed by atoms with Crippen molar-refractivity contribution in [2.45, 2.75) is 72.1 Å². The first-order valence-corrected chi connectivity index (χ1v) is 6.64. The zero-order valence-corrected chi connectivity index (χ0v) is 10.6. The highest BCUT2D eigenvalue weighted by Gasteiger charge is 2.38. The number of ketones is 1. The summed E-state index contributed by atoms with van der Waals surface area (Å²) in [5.74, 6) is 1.29. The number of Topliss-reactive ketones (excluding diaryl/α,β-unsaturated/α-hetero) is 1. The van der Waals surface area contributed by atoms with Gasteiger partial charge < -0.3 is 0 Å². The summed E-state index contributed by atoms with van der Waals surface area (Å²) < 4.78 is 0. The van der Waals surface area contributed by atoms with E-state index in [0.717, 1.165) is 38.0 Å². The molecule has 88 valence electrons. The van der Waals surface area contributed by atoms with Gasteiger partial charge >= 0.3 is 0 Å². The minimum absolute atomic E-state index is 0.0942. The maximum Gasteiger partial charge on any atom is 0.139 e. The molecule has 1 aliphatic rings. The molecule has 1 aliphatic carbocycles. The smallest absolute Gasteiger partial charge is 0.139 e. The molecular formula is C14H26O. The first-order valence-electron chi connectivity index (χ1n) is 6.64. The Morgan fingerprint density at radius 2 is 1.87 bits per heavy atom. The summed E-state index contributed by atoms with van der Waals surface area (Å²) in [5, 5.41) is 0. The zero-order chi connectivity index (χ0) is 11.3. The third kappa shape index (κ3) is 3.32. The molecule has 0 spiro atoms. The van der Waals surface area contributed by atoms with Gasteiger partial charge in [0.05, 0.1) is 0 Å². The van der Waals surface area contributed by atoms with Crippen molar-refractivity contribution in [1.29, 1.82) is 0 Å². The average Bonchev–Trinajstić information content (AvgIpc) is 2.66. The maximum absolute atomic E-state index is 12.2. The van der Waals surface area contributed by atoms with Gasteiger partial charge in [0.2, 0.25) is 0 Å². The third-order valence-corrected chi connectivity index (χ3v) is 4.01. The van der Waals surface area contributed by atoms with Crippen LogP contribution in [-0.2, 0) is 4.79 Å². The quantitative estimate of drug-likeness (QED) is 0.637. The van der Waals surface area contributed by atoms with E-state index in [1.54, 1.807) is 0 Å². The molecule has 1 rings (SSSR count). The van der Waals surface area contributed by atoms with Gasteiger partial charge in [0.1, 0.15) is 5.78 Å². The summed E-state index contributed by atoms with van der Waals surface area (Å²) in [6, 6.07) is 0. The van der Waals surface area contributed by atoms with Crippen molar-refractivity contribution in [3.63, 3.8) is 0 Å². The highest BCUT2D eigenvalue weighted by atomic mass is 16.1. The van der Waals surface area contributed by atoms with Gasteiger partial charge in [-0.25, -0.2) is 0 Å². The lowest BCUT2D eigenvalue weighted by Crippen LogP contribution is -2.27. The Kier molecular flexibility index (Phi) is 4.82. The lowest BCUT2D eigenvalue weighted by atomic mass is 9.77. The van der Waals surface area contributed by atoms with Crippen molar-refractivity contribution < 1.29 is 4.79 Å². The molecule has 0 aliphatic heterocycles. The number of hydrogen-bond acceptors (Lipinski definition) is 1. The fraction of sp³-hybridized carbons (Fsp3) is 0.929. The predicted molar refractivity (Wildman–Crippen MR) is 64.9 cm³/mol. The van der Waals surface area contributed by atoms with Crippen molar-refractivity contribution in [1.82, 2.24) is 0 Å². The lowest BCUT2D eigenvalue weighted by Gasteiger charge is -2.25. The first-order chi connectivity index (χ1) is 7.10. The predicted octanol–water partition coefficient (Wildman–Crippen LogP) is 4.35. The van der Waals surface area contributed by atoms with Gasteiger partial charge in [-0.15, -0.1) is 0 Å². The van der Waals surface area contributed by atoms with Crippen LogP contribution in [0.4, 0.5) is 0 Å². The second-order valence-electron chi connectivity index (χ2n) is 5.55. The maximum atomic E-state index is 12.2. The van der Waals surface area contributed by atoms with Crippen LogP contribution >= 0.6 is 0 Å². The molecule has 0 heterocycles. The highest BCUT2D eigenvalue weighted by Crippen LogP contribution is 2.42. The first kappa shape index (κ1) is 12.7. The van der Waals surface area contributed by atoms with Gasteiger partial charge in [-0.1, -0.05) is 40.0 Å². The van der Waals surface area contributed by atoms with Gasteiger partial charge in [-0.05, 0) is 31.6 Å². The SMILES string of the molecule is CCC1(C(=O)CCCC(C)C)CCCC1. The zero-order valence-electron chi connectivity index (χ0n) is 10.6. The molecule has 0 aromatic rings. The Hall–Kier alpha value is -0.330. The normalized spacial score (nSPS) is 19.7. The van der Waals surface area contributed by atoms with E-state index in [1.807, 2.05) is 0 Å². The molecule has 0 aromatic heterocycles. The van der Waals surface area contributed by atoms with Crippen molar-refractivity contribution >= 4 is 5.78 Å². The standard InChI is InChI=1S/C14H26O/c1-4-14(10-5-6-11-14)13(15)9-7-8-12(2)3/h12H,4-11H2,1-3H3. The van der Waals surface area contributed by atoms with Gasteiger partial charge in [-0.2, -0.15) is 0 Å². The number of carbonyl (C=O) groups is 1. The van der Waals surface area contributed by atoms with E-state index < -0.39 is 0 Å². The number of carbonyl (C=O) groups excluding carboxylic acids is 1. The molecule has 0 unspecified atom stereocenters. The molecule has 1 saturated carbocycles. The van der Waals surface area contributed by atoms with Crippen molar-refractivity contribution in [3.8, 4) is 0 Å². The van der Waals surface area contributed by atoms with Gasteiger partial charge in [0.15, 0.2) is 0 Å². The Bertz CT molecular complexity index is 199. The molecule has 0 atom stereocenters. The molecule has 0 aromatic carbocycles. The minimum Gasteiger partial charge on any atom is -0.299 e. The van der Waals surface area contributed by atoms with Crippen LogP contribution in [0.5, 0.6) is 0 Å². The van der Waals surface area contributed by atoms with E-state index in [9.17, 15) is 4.79 Å². The molecule has 15 heavy (non-hydrogen) atoms. The van der Waals surface area contributed by atoms with Crippen LogP contribution in [0.15, 0.2) is 0 Å². The Morgan fingerprint density at radius 1 is 1.27 bits per heavy atom. The van der Waals surface area contributed by atoms with Gasteiger partial charge in [-0.3, -0.25) is 4.79 Å². The minimum atomic E-state index is 0.0942. The summed E-state index contributed by atoms with van der Waals surface area (Å²) >= 11 is 0. The largest absolute Gasteiger partial charge is 0.299 e. The Morgan fingerprint density at radius 3 is 2.33 bits per heavy atom. The van der Waals surface area contributed by atoms with Crippen LogP contribution in [0.3, 0.4) is 0 Å². The molecule has 0 saturated heterocycles. The monoisotopic (exact) mass is 210 g/mol. The molecule has 0 N–H and O–H groups in total. The van der Waals surface area contributed by atoms with E-state index in [2.05, 4.69) is 20.8 Å². The summed E-state index contributed by atoms with van der Waals surface area (Å²) in [5.41, 5.74) is 0.0942. The second-order valence-corrected chi connectivity index (χ2v) is 5.55. The van der Waals surface area contributed by atoms with Crippen molar-refractivity contribution in [2.24, 2.45) is 11.3 Å². The molecule has 1 heteroatoms. The Labute approximate surface area is 94.6 Å². The van der Waals surface area contributed by atoms with Crippen LogP contribution in [-0.4, -0.2) is 5.78 Å². The summed E-state index contributed by atoms with van der Waals surface area (Å²) in [6.07, 6.45) is 9.03. The molecule has 1 fully saturated rings. The van der Waals surface area contributed by atoms with Crippen LogP contribution in [0.2, 0.25) is 0 Å². The molecule has 0 radical (unpaired) electrons. The van der Waals surface area contributed by atoms with Crippen LogP contribution in [0, 0.1) is 11.3 Å². The van der Waals surface area contributed by atoms with E-state index in [-0.39, 0.29) is 5.41 Å². The molecular weight excluding hydrogens is 184 g/mol. The molecule has 0 amide bonds. The summed E-state index contributed by atoms with van der Waals surface area (Å²) in [7, 11) is 0. The number of hydrogen-bond donors (Lipinski definition) is 0. The Balaban J connectivity index is 2.37. The lowest BCUT2D eigenvalue weighted by molar-refractivity contribution is -0.128. The average molecular weight is 210 g/mol.